The van der Waals surface area contributed by atoms with Crippen LogP contribution in [0.5, 0.6) is 0 Å². The Balaban J connectivity index is 2.11. The molecule has 1 aromatic heterocycles. The fourth-order valence-electron chi connectivity index (χ4n) is 1.65. The summed E-state index contributed by atoms with van der Waals surface area (Å²) in [5.74, 6) is -0.401. The average Bonchev–Trinajstić information content (AvgIpc) is 2.83. The number of nitro groups is 1. The van der Waals surface area contributed by atoms with Crippen LogP contribution in [0.2, 0.25) is 0 Å². The Hall–Kier alpha value is -1.54. The van der Waals surface area contributed by atoms with Gasteiger partial charge in [-0.05, 0) is 4.92 Å². The maximum absolute atomic E-state index is 13.2. The molecule has 0 amide bonds. The summed E-state index contributed by atoms with van der Waals surface area (Å²) >= 11 is 0. The van der Waals surface area contributed by atoms with E-state index in [2.05, 4.69) is 9.97 Å². The molecule has 0 unspecified atom stereocenters. The van der Waals surface area contributed by atoms with Crippen molar-refractivity contribution in [2.75, 3.05) is 6.61 Å². The van der Waals surface area contributed by atoms with Crippen LogP contribution < -0.4 is 0 Å². The van der Waals surface area contributed by atoms with Crippen LogP contribution in [0.15, 0.2) is 6.20 Å². The molecule has 0 saturated carbocycles. The van der Waals surface area contributed by atoms with E-state index >= 15 is 0 Å². The van der Waals surface area contributed by atoms with Crippen molar-refractivity contribution in [3.05, 3.63) is 22.0 Å². The van der Waals surface area contributed by atoms with Gasteiger partial charge < -0.3 is 20.0 Å². The zero-order chi connectivity index (χ0) is 11.7. The second-order valence-corrected chi connectivity index (χ2v) is 3.52. The minimum atomic E-state index is -1.27. The number of ether oxygens (including phenoxy) is 1. The van der Waals surface area contributed by atoms with Crippen molar-refractivity contribution >= 4 is 5.95 Å². The molecule has 1 aromatic rings. The van der Waals surface area contributed by atoms with Crippen LogP contribution in [0.3, 0.4) is 0 Å². The smallest absolute Gasteiger partial charge is 0.394 e. The molecule has 1 fully saturated rings. The highest BCUT2D eigenvalue weighted by atomic mass is 19.1. The van der Waals surface area contributed by atoms with Gasteiger partial charge in [-0.25, -0.2) is 9.37 Å². The molecule has 7 nitrogen and oxygen atoms in total. The highest BCUT2D eigenvalue weighted by Crippen LogP contribution is 2.34. The number of hydrogen-bond donors (Lipinski definition) is 2. The second kappa shape index (κ2) is 4.14. The number of nitrogens with zero attached hydrogens (tertiary/aromatic N) is 2. The molecule has 1 saturated heterocycles. The molecule has 2 heterocycles. The number of H-pyrrole nitrogens is 1. The number of nitrogens with one attached hydrogen (secondary N) is 1. The van der Waals surface area contributed by atoms with Crippen LogP contribution in [-0.2, 0) is 4.74 Å². The number of aliphatic hydroxyl groups is 1. The van der Waals surface area contributed by atoms with Gasteiger partial charge >= 0.3 is 5.95 Å². The third-order valence-electron chi connectivity index (χ3n) is 2.46. The fourth-order valence-corrected chi connectivity index (χ4v) is 1.65. The average molecular weight is 231 g/mol. The molecule has 88 valence electrons. The van der Waals surface area contributed by atoms with Gasteiger partial charge in [0.05, 0.1) is 6.61 Å². The monoisotopic (exact) mass is 231 g/mol. The summed E-state index contributed by atoms with van der Waals surface area (Å²) in [6.07, 6.45) is -1.45. The highest BCUT2D eigenvalue weighted by molar-refractivity contribution is 5.14. The predicted molar refractivity (Wildman–Crippen MR) is 49.5 cm³/mol. The summed E-state index contributed by atoms with van der Waals surface area (Å²) in [7, 11) is 0. The Morgan fingerprint density at radius 2 is 2.56 bits per heavy atom. The molecule has 2 rings (SSSR count). The fraction of sp³-hybridized carbons (Fsp3) is 0.625. The number of rotatable bonds is 3. The molecular formula is C8H10FN3O4. The van der Waals surface area contributed by atoms with E-state index in [0.29, 0.717) is 5.69 Å². The van der Waals surface area contributed by atoms with Crippen LogP contribution in [-0.4, -0.2) is 38.9 Å². The van der Waals surface area contributed by atoms with E-state index in [1.807, 2.05) is 0 Å². The van der Waals surface area contributed by atoms with E-state index in [1.54, 1.807) is 0 Å². The summed E-state index contributed by atoms with van der Waals surface area (Å²) in [6, 6.07) is 0. The van der Waals surface area contributed by atoms with E-state index in [4.69, 9.17) is 9.84 Å². The van der Waals surface area contributed by atoms with Crippen LogP contribution in [0.4, 0.5) is 10.3 Å². The van der Waals surface area contributed by atoms with Crippen LogP contribution in [0, 0.1) is 10.1 Å². The highest BCUT2D eigenvalue weighted by Gasteiger charge is 2.38. The molecule has 0 aliphatic carbocycles. The topological polar surface area (TPSA) is 101 Å². The van der Waals surface area contributed by atoms with Crippen molar-refractivity contribution < 1.29 is 19.2 Å². The summed E-state index contributed by atoms with van der Waals surface area (Å²) in [6.45, 7) is -0.409. The van der Waals surface area contributed by atoms with Crippen molar-refractivity contribution in [1.29, 1.82) is 0 Å². The van der Waals surface area contributed by atoms with Crippen molar-refractivity contribution in [2.24, 2.45) is 0 Å². The van der Waals surface area contributed by atoms with Crippen LogP contribution >= 0.6 is 0 Å². The minimum Gasteiger partial charge on any atom is -0.394 e. The standard InChI is InChI=1S/C8H10FN3O4/c9-4-1-6(16-7(4)3-13)5-2-10-8(11-5)12(14)15/h2,4,6-7,13H,1,3H2,(H,10,11)/t4-,6+,7+/m0/s1. The molecule has 2 N–H and O–H groups in total. The first-order valence-corrected chi connectivity index (χ1v) is 4.71. The molecule has 3 atom stereocenters. The summed E-state index contributed by atoms with van der Waals surface area (Å²) in [4.78, 5) is 15.7. The van der Waals surface area contributed by atoms with Crippen LogP contribution in [0.1, 0.15) is 18.2 Å². The normalized spacial score (nSPS) is 29.5. The van der Waals surface area contributed by atoms with Gasteiger partial charge in [-0.2, -0.15) is 0 Å². The molecule has 1 aliphatic rings. The Labute approximate surface area is 89.4 Å². The van der Waals surface area contributed by atoms with Gasteiger partial charge in [-0.1, -0.05) is 4.98 Å². The van der Waals surface area contributed by atoms with Crippen molar-refractivity contribution in [2.45, 2.75) is 24.8 Å². The number of hydrogen-bond acceptors (Lipinski definition) is 5. The quantitative estimate of drug-likeness (QED) is 0.581. The summed E-state index contributed by atoms with van der Waals surface area (Å²) in [5, 5.41) is 19.2. The number of imidazole rings is 1. The Morgan fingerprint density at radius 3 is 3.06 bits per heavy atom. The van der Waals surface area contributed by atoms with E-state index in [0.717, 1.165) is 0 Å². The van der Waals surface area contributed by atoms with Gasteiger partial charge in [-0.15, -0.1) is 0 Å². The number of aromatic nitrogens is 2. The third-order valence-corrected chi connectivity index (χ3v) is 2.46. The maximum atomic E-state index is 13.2. The SMILES string of the molecule is O=[N+]([O-])c1ncc([C@H]2C[C@H](F)[C@@H](CO)O2)[nH]1. The largest absolute Gasteiger partial charge is 0.432 e. The van der Waals surface area contributed by atoms with Gasteiger partial charge in [0.15, 0.2) is 0 Å². The first-order chi connectivity index (χ1) is 7.61. The molecule has 0 spiro atoms. The number of aromatic amines is 1. The molecule has 0 bridgehead atoms. The molecule has 1 aliphatic heterocycles. The van der Waals surface area contributed by atoms with E-state index in [9.17, 15) is 14.5 Å². The summed E-state index contributed by atoms with van der Waals surface area (Å²) in [5.41, 5.74) is 0.352. The van der Waals surface area contributed by atoms with Crippen molar-refractivity contribution in [3.63, 3.8) is 0 Å². The van der Waals surface area contributed by atoms with Crippen LogP contribution in [0.25, 0.3) is 0 Å². The van der Waals surface area contributed by atoms with Crippen molar-refractivity contribution in [3.8, 4) is 0 Å². The van der Waals surface area contributed by atoms with Crippen molar-refractivity contribution in [1.82, 2.24) is 9.97 Å². The van der Waals surface area contributed by atoms with Gasteiger partial charge in [0.2, 0.25) is 0 Å². The van der Waals surface area contributed by atoms with E-state index in [-0.39, 0.29) is 6.42 Å². The van der Waals surface area contributed by atoms with Gasteiger partial charge in [-0.3, -0.25) is 0 Å². The molecule has 0 radical (unpaired) electrons. The molecule has 0 aromatic carbocycles. The second-order valence-electron chi connectivity index (χ2n) is 3.52. The lowest BCUT2D eigenvalue weighted by Crippen LogP contribution is -2.20. The lowest BCUT2D eigenvalue weighted by atomic mass is 10.1. The molecule has 8 heteroatoms. The maximum Gasteiger partial charge on any atom is 0.432 e. The Kier molecular flexibility index (Phi) is 2.84. The minimum absolute atomic E-state index is 0.0601. The predicted octanol–water partition coefficient (Wildman–Crippen LogP) is 0.478. The van der Waals surface area contributed by atoms with E-state index < -0.39 is 35.9 Å². The lowest BCUT2D eigenvalue weighted by Gasteiger charge is -2.08. The zero-order valence-corrected chi connectivity index (χ0v) is 8.17. The zero-order valence-electron chi connectivity index (χ0n) is 8.17. The Bertz CT molecular complexity index is 396. The summed E-state index contributed by atoms with van der Waals surface area (Å²) < 4.78 is 18.4. The lowest BCUT2D eigenvalue weighted by molar-refractivity contribution is -0.393. The van der Waals surface area contributed by atoms with Gasteiger partial charge in [0.1, 0.15) is 30.3 Å². The first kappa shape index (κ1) is 11.0. The molecule has 16 heavy (non-hydrogen) atoms. The van der Waals surface area contributed by atoms with Gasteiger partial charge in [0, 0.05) is 6.42 Å². The number of halogens is 1. The van der Waals surface area contributed by atoms with E-state index in [1.165, 1.54) is 6.20 Å². The number of aliphatic hydroxyl groups excluding tert-OH is 1. The number of alkyl halides is 1. The molecular weight excluding hydrogens is 221 g/mol. The van der Waals surface area contributed by atoms with Gasteiger partial charge in [0.25, 0.3) is 0 Å². The third kappa shape index (κ3) is 1.89. The first-order valence-electron chi connectivity index (χ1n) is 4.71. The Morgan fingerprint density at radius 1 is 1.81 bits per heavy atom.